The van der Waals surface area contributed by atoms with E-state index in [1.54, 1.807) is 0 Å². The molecule has 3 aromatic carbocycles. The van der Waals surface area contributed by atoms with E-state index >= 15 is 0 Å². The van der Waals surface area contributed by atoms with Gasteiger partial charge >= 0.3 is 0 Å². The molecule has 0 aliphatic carbocycles. The van der Waals surface area contributed by atoms with Crippen LogP contribution in [0.3, 0.4) is 0 Å². The SMILES string of the molecule is O=S(OC(c1ccc(N2CCOCC2)cc1)c1ccc(N2CCOCC2)cc1)c1ccccc1. The number of ether oxygens (including phenoxy) is 2. The highest BCUT2D eigenvalue weighted by Gasteiger charge is 2.21. The molecule has 5 rings (SSSR count). The Balaban J connectivity index is 1.40. The van der Waals surface area contributed by atoms with Crippen molar-refractivity contribution in [2.45, 2.75) is 11.0 Å². The maximum Gasteiger partial charge on any atom is 0.190 e. The van der Waals surface area contributed by atoms with Crippen LogP contribution in [0, 0.1) is 0 Å². The first-order valence-electron chi connectivity index (χ1n) is 11.8. The van der Waals surface area contributed by atoms with Crippen molar-refractivity contribution in [3.63, 3.8) is 0 Å². The Bertz CT molecular complexity index is 1000. The number of nitrogens with zero attached hydrogens (tertiary/aromatic N) is 2. The second-order valence-corrected chi connectivity index (χ2v) is 9.54. The first-order valence-corrected chi connectivity index (χ1v) is 12.8. The Morgan fingerprint density at radius 1 is 0.647 bits per heavy atom. The average molecular weight is 479 g/mol. The molecular weight excluding hydrogens is 448 g/mol. The third-order valence-electron chi connectivity index (χ3n) is 6.26. The van der Waals surface area contributed by atoms with Crippen LogP contribution < -0.4 is 9.80 Å². The van der Waals surface area contributed by atoms with Gasteiger partial charge < -0.3 is 19.3 Å². The second kappa shape index (κ2) is 11.1. The van der Waals surface area contributed by atoms with E-state index in [9.17, 15) is 4.21 Å². The molecule has 0 radical (unpaired) electrons. The van der Waals surface area contributed by atoms with Crippen LogP contribution in [0.5, 0.6) is 0 Å². The summed E-state index contributed by atoms with van der Waals surface area (Å²) >= 11 is -1.59. The van der Waals surface area contributed by atoms with E-state index in [0.717, 1.165) is 75.1 Å². The molecule has 1 atom stereocenters. The van der Waals surface area contributed by atoms with Crippen molar-refractivity contribution in [2.24, 2.45) is 0 Å². The number of morpholine rings is 2. The first kappa shape index (κ1) is 23.1. The molecule has 0 amide bonds. The lowest BCUT2D eigenvalue weighted by molar-refractivity contribution is 0.122. The van der Waals surface area contributed by atoms with Crippen molar-refractivity contribution in [3.05, 3.63) is 90.0 Å². The highest BCUT2D eigenvalue weighted by Crippen LogP contribution is 2.32. The molecule has 7 heteroatoms. The van der Waals surface area contributed by atoms with Gasteiger partial charge in [-0.3, -0.25) is 4.18 Å². The van der Waals surface area contributed by atoms with E-state index in [-0.39, 0.29) is 0 Å². The van der Waals surface area contributed by atoms with Gasteiger partial charge in [-0.15, -0.1) is 0 Å². The summed E-state index contributed by atoms with van der Waals surface area (Å²) in [6, 6.07) is 26.1. The molecule has 2 saturated heterocycles. The summed E-state index contributed by atoms with van der Waals surface area (Å²) in [5, 5.41) is 0. The smallest absolute Gasteiger partial charge is 0.190 e. The molecule has 2 aliphatic rings. The molecule has 0 spiro atoms. The van der Waals surface area contributed by atoms with Crippen LogP contribution in [0.15, 0.2) is 83.8 Å². The Morgan fingerprint density at radius 2 is 1.09 bits per heavy atom. The van der Waals surface area contributed by atoms with Crippen LogP contribution in [0.1, 0.15) is 17.2 Å². The Labute approximate surface area is 203 Å². The summed E-state index contributed by atoms with van der Waals surface area (Å²) in [5.74, 6) is 0. The van der Waals surface area contributed by atoms with Gasteiger partial charge in [0.25, 0.3) is 0 Å². The minimum Gasteiger partial charge on any atom is -0.378 e. The molecule has 0 saturated carbocycles. The maximum atomic E-state index is 13.1. The number of hydrogen-bond donors (Lipinski definition) is 0. The zero-order valence-corrected chi connectivity index (χ0v) is 20.0. The Morgan fingerprint density at radius 3 is 1.53 bits per heavy atom. The van der Waals surface area contributed by atoms with Gasteiger partial charge in [0.05, 0.1) is 31.3 Å². The summed E-state index contributed by atoms with van der Waals surface area (Å²) < 4.78 is 30.2. The van der Waals surface area contributed by atoms with Gasteiger partial charge in [-0.2, -0.15) is 0 Å². The second-order valence-electron chi connectivity index (χ2n) is 8.41. The number of benzene rings is 3. The van der Waals surface area contributed by atoms with E-state index in [2.05, 4.69) is 58.3 Å². The molecule has 2 heterocycles. The topological polar surface area (TPSA) is 51.2 Å². The molecule has 0 bridgehead atoms. The standard InChI is InChI=1S/C27H30N2O4S/c30-34(26-4-2-1-3-5-26)33-27(22-6-10-24(11-7-22)28-14-18-31-19-15-28)23-8-12-25(13-9-23)29-16-20-32-21-17-29/h1-13,27H,14-21H2. The Hall–Kier alpha value is -2.71. The average Bonchev–Trinajstić information content (AvgIpc) is 2.93. The van der Waals surface area contributed by atoms with Gasteiger partial charge in [0.1, 0.15) is 6.10 Å². The van der Waals surface area contributed by atoms with Gasteiger partial charge in [-0.05, 0) is 47.5 Å². The van der Waals surface area contributed by atoms with E-state index in [1.807, 2.05) is 30.3 Å². The molecular formula is C27H30N2O4S. The van der Waals surface area contributed by atoms with Crippen LogP contribution in [-0.2, 0) is 24.7 Å². The number of hydrogen-bond acceptors (Lipinski definition) is 6. The van der Waals surface area contributed by atoms with E-state index in [0.29, 0.717) is 4.90 Å². The van der Waals surface area contributed by atoms with Crippen molar-refractivity contribution in [1.29, 1.82) is 0 Å². The summed E-state index contributed by atoms with van der Waals surface area (Å²) in [6.45, 7) is 6.55. The van der Waals surface area contributed by atoms with E-state index in [1.165, 1.54) is 0 Å². The van der Waals surface area contributed by atoms with Crippen LogP contribution in [0.25, 0.3) is 0 Å². The zero-order valence-electron chi connectivity index (χ0n) is 19.2. The molecule has 6 nitrogen and oxygen atoms in total. The molecule has 0 aromatic heterocycles. The van der Waals surface area contributed by atoms with Crippen molar-refractivity contribution in [3.8, 4) is 0 Å². The maximum absolute atomic E-state index is 13.1. The van der Waals surface area contributed by atoms with E-state index in [4.69, 9.17) is 13.7 Å². The van der Waals surface area contributed by atoms with Gasteiger partial charge in [0.15, 0.2) is 11.1 Å². The van der Waals surface area contributed by atoms with Crippen molar-refractivity contribution in [2.75, 3.05) is 62.4 Å². The molecule has 1 unspecified atom stereocenters. The lowest BCUT2D eigenvalue weighted by Gasteiger charge is -2.29. The number of anilines is 2. The fourth-order valence-electron chi connectivity index (χ4n) is 4.34. The number of rotatable bonds is 7. The summed E-state index contributed by atoms with van der Waals surface area (Å²) in [7, 11) is 0. The fraction of sp³-hybridized carbons (Fsp3) is 0.333. The van der Waals surface area contributed by atoms with Crippen molar-refractivity contribution in [1.82, 2.24) is 0 Å². The highest BCUT2D eigenvalue weighted by atomic mass is 32.2. The largest absolute Gasteiger partial charge is 0.378 e. The van der Waals surface area contributed by atoms with Gasteiger partial charge in [0.2, 0.25) is 0 Å². The minimum atomic E-state index is -1.59. The van der Waals surface area contributed by atoms with E-state index < -0.39 is 17.2 Å². The molecule has 178 valence electrons. The van der Waals surface area contributed by atoms with Crippen molar-refractivity contribution < 1.29 is 17.9 Å². The van der Waals surface area contributed by atoms with Crippen LogP contribution in [0.2, 0.25) is 0 Å². The monoisotopic (exact) mass is 478 g/mol. The van der Waals surface area contributed by atoms with Gasteiger partial charge in [-0.25, -0.2) is 4.21 Å². The van der Waals surface area contributed by atoms with Crippen LogP contribution >= 0.6 is 0 Å². The summed E-state index contributed by atoms with van der Waals surface area (Å²) in [5.41, 5.74) is 4.27. The van der Waals surface area contributed by atoms with Gasteiger partial charge in [0, 0.05) is 37.6 Å². The molecule has 0 N–H and O–H groups in total. The molecule has 3 aromatic rings. The molecule has 2 fully saturated rings. The third-order valence-corrected chi connectivity index (χ3v) is 7.29. The first-order chi connectivity index (χ1) is 16.8. The predicted molar refractivity (Wildman–Crippen MR) is 135 cm³/mol. The quantitative estimate of drug-likeness (QED) is 0.508. The summed E-state index contributed by atoms with van der Waals surface area (Å²) in [4.78, 5) is 5.30. The third kappa shape index (κ3) is 5.50. The van der Waals surface area contributed by atoms with Crippen LogP contribution in [-0.4, -0.2) is 56.8 Å². The fourth-order valence-corrected chi connectivity index (χ4v) is 5.23. The predicted octanol–water partition coefficient (Wildman–Crippen LogP) is 4.19. The summed E-state index contributed by atoms with van der Waals surface area (Å²) in [6.07, 6.45) is -0.446. The van der Waals surface area contributed by atoms with Crippen LogP contribution in [0.4, 0.5) is 11.4 Å². The zero-order chi connectivity index (χ0) is 23.2. The highest BCUT2D eigenvalue weighted by molar-refractivity contribution is 7.80. The normalized spacial score (nSPS) is 17.7. The van der Waals surface area contributed by atoms with Gasteiger partial charge in [-0.1, -0.05) is 42.5 Å². The van der Waals surface area contributed by atoms with Crippen molar-refractivity contribution >= 4 is 22.5 Å². The minimum absolute atomic E-state index is 0.446. The molecule has 34 heavy (non-hydrogen) atoms. The lowest BCUT2D eigenvalue weighted by Crippen LogP contribution is -2.36. The Kier molecular flexibility index (Phi) is 7.56. The molecule has 2 aliphatic heterocycles. The lowest BCUT2D eigenvalue weighted by atomic mass is 10.0.